The molecule has 1 amide bonds. The number of benzene rings is 1. The number of hydrogen-bond acceptors (Lipinski definition) is 7. The van der Waals surface area contributed by atoms with Crippen molar-refractivity contribution in [3.8, 4) is 0 Å². The molecule has 2 aromatic rings. The molecule has 0 atom stereocenters. The number of carbonyl (C=O) groups excluding carboxylic acids is 1. The van der Waals surface area contributed by atoms with Gasteiger partial charge in [0.1, 0.15) is 0 Å². The fraction of sp³-hybridized carbons (Fsp3) is 0.500. The molecule has 1 aromatic heterocycles. The predicted molar refractivity (Wildman–Crippen MR) is 112 cm³/mol. The van der Waals surface area contributed by atoms with Gasteiger partial charge in [0.05, 0.1) is 4.90 Å². The summed E-state index contributed by atoms with van der Waals surface area (Å²) in [6.07, 6.45) is 2.04. The third kappa shape index (κ3) is 5.11. The van der Waals surface area contributed by atoms with Gasteiger partial charge in [0.25, 0.3) is 0 Å². The van der Waals surface area contributed by atoms with Crippen molar-refractivity contribution in [1.29, 1.82) is 0 Å². The number of piperidine rings is 1. The maximum Gasteiger partial charge on any atom is 0.243 e. The Balaban J connectivity index is 1.55. The molecule has 2 heterocycles. The number of nitrogens with one attached hydrogen (secondary N) is 1. The van der Waals surface area contributed by atoms with Crippen LogP contribution in [0.5, 0.6) is 0 Å². The Labute approximate surface area is 174 Å². The molecule has 1 N–H and O–H groups in total. The van der Waals surface area contributed by atoms with Gasteiger partial charge in [-0.1, -0.05) is 47.7 Å². The van der Waals surface area contributed by atoms with E-state index in [2.05, 4.69) is 22.4 Å². The monoisotopic (exact) mass is 440 g/mol. The highest BCUT2D eigenvalue weighted by atomic mass is 32.2. The molecule has 1 saturated heterocycles. The van der Waals surface area contributed by atoms with Crippen molar-refractivity contribution < 1.29 is 13.2 Å². The molecule has 1 aliphatic heterocycles. The van der Waals surface area contributed by atoms with Crippen LogP contribution in [-0.4, -0.2) is 47.7 Å². The highest BCUT2D eigenvalue weighted by Crippen LogP contribution is 2.28. The summed E-state index contributed by atoms with van der Waals surface area (Å²) in [6, 6.07) is 6.85. The van der Waals surface area contributed by atoms with Gasteiger partial charge in [-0.15, -0.1) is 10.2 Å². The van der Waals surface area contributed by atoms with Gasteiger partial charge in [-0.2, -0.15) is 4.31 Å². The van der Waals surface area contributed by atoms with E-state index in [1.54, 1.807) is 36.0 Å². The first-order valence-electron chi connectivity index (χ1n) is 9.24. The number of thioether (sulfide) groups is 1. The quantitative estimate of drug-likeness (QED) is 0.524. The molecule has 1 fully saturated rings. The van der Waals surface area contributed by atoms with E-state index in [-0.39, 0.29) is 11.8 Å². The molecular weight excluding hydrogens is 416 g/mol. The average molecular weight is 441 g/mol. The van der Waals surface area contributed by atoms with Crippen molar-refractivity contribution in [2.75, 3.05) is 24.2 Å². The van der Waals surface area contributed by atoms with Gasteiger partial charge < -0.3 is 5.32 Å². The molecule has 7 nitrogen and oxygen atoms in total. The molecule has 0 spiro atoms. The van der Waals surface area contributed by atoms with Crippen molar-refractivity contribution >= 4 is 44.2 Å². The Bertz CT molecular complexity index is 904. The van der Waals surface area contributed by atoms with Crippen LogP contribution >= 0.6 is 23.1 Å². The number of hydrogen-bond donors (Lipinski definition) is 1. The zero-order valence-corrected chi connectivity index (χ0v) is 18.4. The number of rotatable bonds is 7. The van der Waals surface area contributed by atoms with Crippen LogP contribution in [0.1, 0.15) is 31.7 Å². The highest BCUT2D eigenvalue weighted by Gasteiger charge is 2.32. The molecule has 0 aliphatic carbocycles. The molecule has 1 aliphatic rings. The molecular formula is C18H24N4O3S3. The smallest absolute Gasteiger partial charge is 0.243 e. The topological polar surface area (TPSA) is 92.3 Å². The Morgan fingerprint density at radius 3 is 2.57 bits per heavy atom. The van der Waals surface area contributed by atoms with Crippen LogP contribution in [0.2, 0.25) is 0 Å². The lowest BCUT2D eigenvalue weighted by atomic mass is 9.97. The second kappa shape index (κ2) is 9.34. The first-order valence-corrected chi connectivity index (χ1v) is 12.5. The van der Waals surface area contributed by atoms with E-state index < -0.39 is 10.0 Å². The van der Waals surface area contributed by atoms with E-state index >= 15 is 0 Å². The molecule has 0 bridgehead atoms. The highest BCUT2D eigenvalue weighted by molar-refractivity contribution is 8.01. The normalized spacial score (nSPS) is 16.2. The van der Waals surface area contributed by atoms with Crippen molar-refractivity contribution in [3.63, 3.8) is 0 Å². The fourth-order valence-electron chi connectivity index (χ4n) is 2.93. The number of sulfonamides is 1. The van der Waals surface area contributed by atoms with Crippen LogP contribution in [-0.2, 0) is 14.8 Å². The lowest BCUT2D eigenvalue weighted by Crippen LogP contribution is -2.41. The molecule has 152 valence electrons. The second-order valence-corrected chi connectivity index (χ2v) is 11.0. The van der Waals surface area contributed by atoms with Crippen LogP contribution in [0.3, 0.4) is 0 Å². The van der Waals surface area contributed by atoms with E-state index in [0.717, 1.165) is 22.1 Å². The first-order chi connectivity index (χ1) is 13.4. The van der Waals surface area contributed by atoms with Gasteiger partial charge in [-0.3, -0.25) is 4.79 Å². The Morgan fingerprint density at radius 2 is 1.93 bits per heavy atom. The van der Waals surface area contributed by atoms with E-state index in [0.29, 0.717) is 36.0 Å². The van der Waals surface area contributed by atoms with E-state index in [1.807, 2.05) is 6.92 Å². The van der Waals surface area contributed by atoms with Gasteiger partial charge in [0, 0.05) is 24.8 Å². The number of amides is 1. The maximum atomic E-state index is 12.8. The lowest BCUT2D eigenvalue weighted by molar-refractivity contribution is -0.120. The number of aromatic nitrogens is 2. The lowest BCUT2D eigenvalue weighted by Gasteiger charge is -2.30. The Kier molecular flexibility index (Phi) is 7.08. The standard InChI is InChI=1S/C18H24N4O3S3/c1-3-12-26-18-21-20-17(27-18)19-16(23)14-8-10-22(11-9-14)28(24,25)15-6-4-13(2)5-7-15/h4-7,14H,3,8-12H2,1-2H3,(H,19,20,23). The Morgan fingerprint density at radius 1 is 1.25 bits per heavy atom. The SMILES string of the molecule is CCCSc1nnc(NC(=O)C2CCN(S(=O)(=O)c3ccc(C)cc3)CC2)s1. The van der Waals surface area contributed by atoms with Gasteiger partial charge in [-0.05, 0) is 38.3 Å². The fourth-order valence-corrected chi connectivity index (χ4v) is 6.08. The predicted octanol–water partition coefficient (Wildman–Crippen LogP) is 3.39. The summed E-state index contributed by atoms with van der Waals surface area (Å²) in [5, 5.41) is 11.4. The van der Waals surface area contributed by atoms with Crippen LogP contribution < -0.4 is 5.32 Å². The van der Waals surface area contributed by atoms with E-state index in [4.69, 9.17) is 0 Å². The molecule has 0 saturated carbocycles. The van der Waals surface area contributed by atoms with Crippen molar-refractivity contribution in [2.24, 2.45) is 5.92 Å². The van der Waals surface area contributed by atoms with E-state index in [9.17, 15) is 13.2 Å². The minimum absolute atomic E-state index is 0.115. The summed E-state index contributed by atoms with van der Waals surface area (Å²) >= 11 is 3.00. The molecule has 10 heteroatoms. The van der Waals surface area contributed by atoms with Crippen LogP contribution in [0.4, 0.5) is 5.13 Å². The molecule has 0 radical (unpaired) electrons. The summed E-state index contributed by atoms with van der Waals surface area (Å²) < 4.78 is 27.8. The zero-order valence-electron chi connectivity index (χ0n) is 15.9. The van der Waals surface area contributed by atoms with Gasteiger partial charge in [0.2, 0.25) is 21.1 Å². The number of carbonyl (C=O) groups is 1. The third-order valence-corrected chi connectivity index (χ3v) is 8.64. The molecule has 0 unspecified atom stereocenters. The van der Waals surface area contributed by atoms with Crippen molar-refractivity contribution in [2.45, 2.75) is 42.3 Å². The maximum absolute atomic E-state index is 12.8. The number of aryl methyl sites for hydroxylation is 1. The minimum Gasteiger partial charge on any atom is -0.300 e. The van der Waals surface area contributed by atoms with Crippen molar-refractivity contribution in [3.05, 3.63) is 29.8 Å². The zero-order chi connectivity index (χ0) is 20.1. The largest absolute Gasteiger partial charge is 0.300 e. The van der Waals surface area contributed by atoms with Crippen molar-refractivity contribution in [1.82, 2.24) is 14.5 Å². The van der Waals surface area contributed by atoms with Gasteiger partial charge in [0.15, 0.2) is 4.34 Å². The number of anilines is 1. The molecule has 1 aromatic carbocycles. The van der Waals surface area contributed by atoms with Crippen LogP contribution in [0, 0.1) is 12.8 Å². The summed E-state index contributed by atoms with van der Waals surface area (Å²) in [6.45, 7) is 4.69. The average Bonchev–Trinajstić information content (AvgIpc) is 3.14. The molecule has 3 rings (SSSR count). The number of nitrogens with zero attached hydrogens (tertiary/aromatic N) is 3. The molecule has 28 heavy (non-hydrogen) atoms. The second-order valence-electron chi connectivity index (χ2n) is 6.70. The van der Waals surface area contributed by atoms with Gasteiger partial charge in [-0.25, -0.2) is 8.42 Å². The summed E-state index contributed by atoms with van der Waals surface area (Å²) in [5.41, 5.74) is 1.02. The summed E-state index contributed by atoms with van der Waals surface area (Å²) in [7, 11) is -3.51. The third-order valence-electron chi connectivity index (χ3n) is 4.55. The summed E-state index contributed by atoms with van der Waals surface area (Å²) in [4.78, 5) is 12.8. The Hall–Kier alpha value is -1.49. The van der Waals surface area contributed by atoms with Crippen LogP contribution in [0.25, 0.3) is 0 Å². The van der Waals surface area contributed by atoms with Crippen LogP contribution in [0.15, 0.2) is 33.5 Å². The first kappa shape index (κ1) is 21.2. The van der Waals surface area contributed by atoms with E-state index in [1.165, 1.54) is 15.6 Å². The summed E-state index contributed by atoms with van der Waals surface area (Å²) in [5.74, 6) is 0.631. The van der Waals surface area contributed by atoms with Gasteiger partial charge >= 0.3 is 0 Å². The minimum atomic E-state index is -3.51.